The predicted molar refractivity (Wildman–Crippen MR) is 80.9 cm³/mol. The van der Waals surface area contributed by atoms with Gasteiger partial charge < -0.3 is 10.2 Å². The number of alkyl halides is 4. The van der Waals surface area contributed by atoms with Crippen LogP contribution in [0.15, 0.2) is 28.7 Å². The third kappa shape index (κ3) is 4.67. The van der Waals surface area contributed by atoms with E-state index in [9.17, 15) is 4.79 Å². The van der Waals surface area contributed by atoms with E-state index in [0.29, 0.717) is 5.69 Å². The van der Waals surface area contributed by atoms with Gasteiger partial charge in [0.05, 0.1) is 0 Å². The van der Waals surface area contributed by atoms with E-state index in [1.807, 2.05) is 0 Å². The monoisotopic (exact) mass is 392 g/mol. The maximum absolute atomic E-state index is 11.8. The number of hydrogen-bond donors (Lipinski definition) is 1. The number of rotatable bonds is 2. The molecular formula is C10H9BrCl4N2O. The highest BCUT2D eigenvalue weighted by Crippen LogP contribution is 2.35. The molecule has 0 bridgehead atoms. The molecule has 0 spiro atoms. The Bertz CT molecular complexity index is 421. The molecule has 1 N–H and O–H groups in total. The standard InChI is InChI=1S/C10H9BrCl4N2O/c1-17(8(12)10(13,14)15)9(18)16-7-4-2-6(11)3-5-7/h2-5,8H,1H3,(H,16,18). The summed E-state index contributed by atoms with van der Waals surface area (Å²) >= 11 is 26.0. The van der Waals surface area contributed by atoms with E-state index >= 15 is 0 Å². The van der Waals surface area contributed by atoms with Crippen LogP contribution >= 0.6 is 62.3 Å². The number of amides is 2. The molecule has 0 aliphatic carbocycles. The first kappa shape index (κ1) is 16.2. The van der Waals surface area contributed by atoms with Crippen LogP contribution in [0.4, 0.5) is 10.5 Å². The maximum atomic E-state index is 11.8. The molecule has 1 aromatic rings. The minimum absolute atomic E-state index is 0.469. The van der Waals surface area contributed by atoms with Crippen molar-refractivity contribution in [3.8, 4) is 0 Å². The Labute approximate surface area is 133 Å². The van der Waals surface area contributed by atoms with Crippen molar-refractivity contribution in [1.82, 2.24) is 4.90 Å². The van der Waals surface area contributed by atoms with Gasteiger partial charge in [-0.2, -0.15) is 0 Å². The van der Waals surface area contributed by atoms with Crippen LogP contribution in [0, 0.1) is 0 Å². The molecule has 2 amide bonds. The molecule has 1 aromatic carbocycles. The Morgan fingerprint density at radius 2 is 1.83 bits per heavy atom. The molecule has 0 aliphatic heterocycles. The van der Waals surface area contributed by atoms with Crippen molar-refractivity contribution in [2.45, 2.75) is 9.29 Å². The second-order valence-electron chi connectivity index (χ2n) is 3.43. The highest BCUT2D eigenvalue weighted by molar-refractivity contribution is 9.10. The molecule has 18 heavy (non-hydrogen) atoms. The fourth-order valence-corrected chi connectivity index (χ4v) is 1.86. The molecule has 3 nitrogen and oxygen atoms in total. The average molecular weight is 395 g/mol. The highest BCUT2D eigenvalue weighted by atomic mass is 79.9. The Hall–Kier alpha value is 0.130. The van der Waals surface area contributed by atoms with E-state index in [1.165, 1.54) is 7.05 Å². The molecule has 1 rings (SSSR count). The first-order valence-electron chi connectivity index (χ1n) is 4.72. The largest absolute Gasteiger partial charge is 0.322 e. The van der Waals surface area contributed by atoms with Crippen molar-refractivity contribution in [3.63, 3.8) is 0 Å². The zero-order valence-corrected chi connectivity index (χ0v) is 13.7. The van der Waals surface area contributed by atoms with Crippen LogP contribution < -0.4 is 5.32 Å². The van der Waals surface area contributed by atoms with Gasteiger partial charge >= 0.3 is 6.03 Å². The number of nitrogens with zero attached hydrogens (tertiary/aromatic N) is 1. The summed E-state index contributed by atoms with van der Waals surface area (Å²) in [5, 5.41) is 2.63. The molecule has 0 fully saturated rings. The van der Waals surface area contributed by atoms with Gasteiger partial charge in [0.25, 0.3) is 0 Å². The Kier molecular flexibility index (Phi) is 5.87. The van der Waals surface area contributed by atoms with Gasteiger partial charge in [0.1, 0.15) is 0 Å². The molecule has 0 heterocycles. The lowest BCUT2D eigenvalue weighted by molar-refractivity contribution is 0.218. The first-order valence-corrected chi connectivity index (χ1v) is 7.08. The molecule has 0 aromatic heterocycles. The molecule has 0 saturated carbocycles. The zero-order valence-electron chi connectivity index (χ0n) is 9.13. The molecule has 0 radical (unpaired) electrons. The van der Waals surface area contributed by atoms with Gasteiger partial charge in [0, 0.05) is 17.2 Å². The van der Waals surface area contributed by atoms with E-state index in [4.69, 9.17) is 46.4 Å². The quantitative estimate of drug-likeness (QED) is 0.564. The van der Waals surface area contributed by atoms with Crippen molar-refractivity contribution in [2.24, 2.45) is 0 Å². The number of urea groups is 1. The highest BCUT2D eigenvalue weighted by Gasteiger charge is 2.36. The van der Waals surface area contributed by atoms with Crippen LogP contribution in [0.5, 0.6) is 0 Å². The minimum Gasteiger partial charge on any atom is -0.308 e. The van der Waals surface area contributed by atoms with Crippen LogP contribution in [-0.4, -0.2) is 27.3 Å². The van der Waals surface area contributed by atoms with Gasteiger partial charge in [-0.15, -0.1) is 0 Å². The lowest BCUT2D eigenvalue weighted by Crippen LogP contribution is -2.43. The molecule has 100 valence electrons. The number of nitrogens with one attached hydrogen (secondary N) is 1. The predicted octanol–water partition coefficient (Wildman–Crippen LogP) is 4.85. The molecule has 8 heteroatoms. The summed E-state index contributed by atoms with van der Waals surface area (Å²) < 4.78 is -0.849. The van der Waals surface area contributed by atoms with Gasteiger partial charge in [-0.1, -0.05) is 62.3 Å². The summed E-state index contributed by atoms with van der Waals surface area (Å²) in [6, 6.07) is 6.58. The van der Waals surface area contributed by atoms with E-state index in [-0.39, 0.29) is 0 Å². The summed E-state index contributed by atoms with van der Waals surface area (Å²) in [5.41, 5.74) is -0.457. The summed E-state index contributed by atoms with van der Waals surface area (Å²) in [7, 11) is 1.44. The first-order chi connectivity index (χ1) is 8.21. The van der Waals surface area contributed by atoms with E-state index < -0.39 is 15.3 Å². The lowest BCUT2D eigenvalue weighted by atomic mass is 10.3. The number of carbonyl (C=O) groups is 1. The van der Waals surface area contributed by atoms with Gasteiger partial charge in [-0.25, -0.2) is 4.79 Å². The summed E-state index contributed by atoms with van der Waals surface area (Å²) in [4.78, 5) is 12.9. The molecule has 1 atom stereocenters. The van der Waals surface area contributed by atoms with Gasteiger partial charge in [0.15, 0.2) is 5.50 Å². The minimum atomic E-state index is -1.76. The molecule has 1 unspecified atom stereocenters. The Morgan fingerprint density at radius 1 is 1.33 bits per heavy atom. The van der Waals surface area contributed by atoms with E-state index in [2.05, 4.69) is 21.2 Å². The van der Waals surface area contributed by atoms with E-state index in [0.717, 1.165) is 9.37 Å². The van der Waals surface area contributed by atoms with Crippen LogP contribution in [0.1, 0.15) is 0 Å². The number of benzene rings is 1. The Balaban J connectivity index is 2.68. The lowest BCUT2D eigenvalue weighted by Gasteiger charge is -2.28. The fraction of sp³-hybridized carbons (Fsp3) is 0.300. The number of halogens is 5. The molecular weight excluding hydrogens is 386 g/mol. The summed E-state index contributed by atoms with van der Waals surface area (Å²) in [6.07, 6.45) is 0. The SMILES string of the molecule is CN(C(=O)Nc1ccc(Br)cc1)C(Cl)C(Cl)(Cl)Cl. The van der Waals surface area contributed by atoms with Crippen molar-refractivity contribution >= 4 is 74.1 Å². The van der Waals surface area contributed by atoms with Gasteiger partial charge in [-0.3, -0.25) is 0 Å². The average Bonchev–Trinajstić information content (AvgIpc) is 2.29. The van der Waals surface area contributed by atoms with Crippen molar-refractivity contribution in [2.75, 3.05) is 12.4 Å². The maximum Gasteiger partial charge on any atom is 0.322 e. The number of anilines is 1. The number of carbonyl (C=O) groups excluding carboxylic acids is 1. The third-order valence-electron chi connectivity index (χ3n) is 2.03. The third-order valence-corrected chi connectivity index (χ3v) is 4.13. The zero-order chi connectivity index (χ0) is 13.9. The number of hydrogen-bond acceptors (Lipinski definition) is 1. The van der Waals surface area contributed by atoms with Gasteiger partial charge in [0.2, 0.25) is 3.79 Å². The van der Waals surface area contributed by atoms with Crippen LogP contribution in [0.25, 0.3) is 0 Å². The second kappa shape index (κ2) is 6.53. The summed E-state index contributed by atoms with van der Waals surface area (Å²) in [6.45, 7) is 0. The summed E-state index contributed by atoms with van der Waals surface area (Å²) in [5.74, 6) is 0. The van der Waals surface area contributed by atoms with Crippen molar-refractivity contribution < 1.29 is 4.79 Å². The molecule has 0 aliphatic rings. The van der Waals surface area contributed by atoms with Crippen molar-refractivity contribution in [1.29, 1.82) is 0 Å². The van der Waals surface area contributed by atoms with E-state index in [1.54, 1.807) is 24.3 Å². The van der Waals surface area contributed by atoms with Crippen molar-refractivity contribution in [3.05, 3.63) is 28.7 Å². The smallest absolute Gasteiger partial charge is 0.308 e. The Morgan fingerprint density at radius 3 is 2.28 bits per heavy atom. The fourth-order valence-electron chi connectivity index (χ4n) is 1.07. The van der Waals surface area contributed by atoms with Crippen LogP contribution in [-0.2, 0) is 0 Å². The molecule has 0 saturated heterocycles. The normalized spacial score (nSPS) is 13.0. The second-order valence-corrected chi connectivity index (χ2v) is 7.12. The van der Waals surface area contributed by atoms with Gasteiger partial charge in [-0.05, 0) is 24.3 Å². The van der Waals surface area contributed by atoms with Crippen LogP contribution in [0.3, 0.4) is 0 Å². The van der Waals surface area contributed by atoms with Crippen LogP contribution in [0.2, 0.25) is 0 Å². The topological polar surface area (TPSA) is 32.3 Å².